The summed E-state index contributed by atoms with van der Waals surface area (Å²) < 4.78 is 55.6. The van der Waals surface area contributed by atoms with Crippen molar-refractivity contribution in [2.75, 3.05) is 44.4 Å². The lowest BCUT2D eigenvalue weighted by Crippen LogP contribution is -2.36. The number of likely N-dealkylation sites (N-methyl/N-ethyl adjacent to an activating group) is 1. The van der Waals surface area contributed by atoms with Crippen molar-refractivity contribution < 1.29 is 22.4 Å². The van der Waals surface area contributed by atoms with E-state index in [1.54, 1.807) is 6.20 Å². The molecule has 9 nitrogen and oxygen atoms in total. The molecule has 0 saturated carbocycles. The third-order valence-electron chi connectivity index (χ3n) is 6.45. The summed E-state index contributed by atoms with van der Waals surface area (Å²) in [5.74, 6) is -0.379. The molecule has 0 bridgehead atoms. The Kier molecular flexibility index (Phi) is 7.62. The van der Waals surface area contributed by atoms with Crippen molar-refractivity contribution in [2.24, 2.45) is 0 Å². The topological polar surface area (TPSA) is 114 Å². The molecule has 4 N–H and O–H groups in total. The van der Waals surface area contributed by atoms with Crippen LogP contribution in [-0.2, 0) is 12.7 Å². The van der Waals surface area contributed by atoms with E-state index >= 15 is 0 Å². The minimum atomic E-state index is -4.80. The first-order valence-corrected chi connectivity index (χ1v) is 11.8. The van der Waals surface area contributed by atoms with E-state index in [1.807, 2.05) is 16.5 Å². The molecule has 1 aromatic carbocycles. The molecule has 198 valence electrons. The number of piperidine rings is 1. The summed E-state index contributed by atoms with van der Waals surface area (Å²) in [7, 11) is 3.31. The van der Waals surface area contributed by atoms with E-state index in [2.05, 4.69) is 20.6 Å². The van der Waals surface area contributed by atoms with E-state index in [0.717, 1.165) is 18.0 Å². The summed E-state index contributed by atoms with van der Waals surface area (Å²) >= 11 is 0. The maximum atomic E-state index is 13.8. The zero-order chi connectivity index (χ0) is 26.7. The lowest BCUT2D eigenvalue weighted by Gasteiger charge is -2.33. The monoisotopic (exact) mass is 520 g/mol. The van der Waals surface area contributed by atoms with Crippen molar-refractivity contribution in [1.82, 2.24) is 30.2 Å². The fraction of sp³-hybridized carbons (Fsp3) is 0.417. The molecule has 1 saturated heterocycles. The number of rotatable bonds is 7. The van der Waals surface area contributed by atoms with Crippen LogP contribution in [0.4, 0.5) is 29.2 Å². The van der Waals surface area contributed by atoms with Gasteiger partial charge in [-0.2, -0.15) is 13.2 Å². The number of amides is 1. The quantitative estimate of drug-likeness (QED) is 0.411. The van der Waals surface area contributed by atoms with E-state index in [1.165, 1.54) is 19.4 Å². The molecular formula is C24H28F4N8O. The highest BCUT2D eigenvalue weighted by Gasteiger charge is 2.35. The number of imidazole rings is 1. The van der Waals surface area contributed by atoms with Crippen molar-refractivity contribution in [3.05, 3.63) is 53.5 Å². The third-order valence-corrected chi connectivity index (χ3v) is 6.45. The van der Waals surface area contributed by atoms with E-state index in [9.17, 15) is 22.4 Å². The number of hydrogen-bond donors (Lipinski definition) is 3. The van der Waals surface area contributed by atoms with Gasteiger partial charge in [-0.15, -0.1) is 0 Å². The summed E-state index contributed by atoms with van der Waals surface area (Å²) in [5.41, 5.74) is 5.39. The average molecular weight is 521 g/mol. The van der Waals surface area contributed by atoms with Gasteiger partial charge in [-0.05, 0) is 38.1 Å². The van der Waals surface area contributed by atoms with Gasteiger partial charge in [0.2, 0.25) is 0 Å². The van der Waals surface area contributed by atoms with Gasteiger partial charge >= 0.3 is 6.18 Å². The Hall–Kier alpha value is -3.74. The van der Waals surface area contributed by atoms with Crippen molar-refractivity contribution in [2.45, 2.75) is 31.5 Å². The molecule has 37 heavy (non-hydrogen) atoms. The zero-order valence-corrected chi connectivity index (χ0v) is 20.4. The smallest absolute Gasteiger partial charge is 0.383 e. The Morgan fingerprint density at radius 2 is 1.92 bits per heavy atom. The highest BCUT2D eigenvalue weighted by atomic mass is 19.4. The van der Waals surface area contributed by atoms with Crippen LogP contribution in [0, 0.1) is 5.82 Å². The van der Waals surface area contributed by atoms with Crippen LogP contribution < -0.4 is 21.3 Å². The average Bonchev–Trinajstić information content (AvgIpc) is 3.30. The molecule has 0 aliphatic carbocycles. The summed E-state index contributed by atoms with van der Waals surface area (Å²) in [6.45, 7) is 2.33. The molecule has 0 spiro atoms. The van der Waals surface area contributed by atoms with Gasteiger partial charge in [0.05, 0.1) is 11.3 Å². The van der Waals surface area contributed by atoms with E-state index < -0.39 is 17.6 Å². The normalized spacial score (nSPS) is 14.7. The number of hydrogen-bond acceptors (Lipinski definition) is 7. The summed E-state index contributed by atoms with van der Waals surface area (Å²) in [5, 5.41) is 5.63. The van der Waals surface area contributed by atoms with Crippen LogP contribution >= 0.6 is 0 Å². The fourth-order valence-electron chi connectivity index (χ4n) is 4.53. The van der Waals surface area contributed by atoms with Gasteiger partial charge < -0.3 is 25.8 Å². The van der Waals surface area contributed by atoms with Gasteiger partial charge in [0.1, 0.15) is 35.2 Å². The summed E-state index contributed by atoms with van der Waals surface area (Å²) in [4.78, 5) is 27.2. The van der Waals surface area contributed by atoms with Crippen LogP contribution in [0.2, 0.25) is 0 Å². The van der Waals surface area contributed by atoms with Crippen molar-refractivity contribution in [3.63, 3.8) is 0 Å². The molecule has 3 aromatic rings. The standard InChI is InChI=1S/C24H28F4N8O/c1-30-7-10-36-12-18(15-3-4-17(25)16(11-15)24(26,27)28)34-21(36)14-5-8-35(9-6-14)22-19(23(37)31-2)20(29)32-13-33-22/h3-4,11-14,30H,5-10H2,1-2H3,(H,31,37)(H2,29,32,33). The number of alkyl halides is 3. The van der Waals surface area contributed by atoms with Crippen LogP contribution in [0.3, 0.4) is 0 Å². The second-order valence-electron chi connectivity index (χ2n) is 8.77. The number of nitrogens with one attached hydrogen (secondary N) is 2. The number of carbonyl (C=O) groups excluding carboxylic acids is 1. The van der Waals surface area contributed by atoms with Crippen LogP contribution in [0.1, 0.15) is 40.5 Å². The number of anilines is 2. The molecule has 13 heteroatoms. The Balaban J connectivity index is 1.60. The number of benzene rings is 1. The minimum Gasteiger partial charge on any atom is -0.383 e. The SMILES string of the molecule is CNCCn1cc(-c2ccc(F)c(C(F)(F)F)c2)nc1C1CCN(c2ncnc(N)c2C(=O)NC)CC1. The van der Waals surface area contributed by atoms with Crippen LogP contribution in [0.25, 0.3) is 11.3 Å². The van der Waals surface area contributed by atoms with Gasteiger partial charge in [-0.1, -0.05) is 0 Å². The second kappa shape index (κ2) is 10.7. The van der Waals surface area contributed by atoms with Gasteiger partial charge in [-0.25, -0.2) is 19.3 Å². The molecule has 0 atom stereocenters. The number of halogens is 4. The molecular weight excluding hydrogens is 492 g/mol. The molecule has 4 rings (SSSR count). The maximum absolute atomic E-state index is 13.8. The lowest BCUT2D eigenvalue weighted by molar-refractivity contribution is -0.139. The predicted octanol–water partition coefficient (Wildman–Crippen LogP) is 3.04. The van der Waals surface area contributed by atoms with Gasteiger partial charge in [0.15, 0.2) is 0 Å². The van der Waals surface area contributed by atoms with E-state index in [0.29, 0.717) is 50.5 Å². The number of nitrogens with zero attached hydrogens (tertiary/aromatic N) is 5. The maximum Gasteiger partial charge on any atom is 0.419 e. The number of nitrogens with two attached hydrogens (primary N) is 1. The van der Waals surface area contributed by atoms with Crippen molar-refractivity contribution >= 4 is 17.5 Å². The molecule has 1 aliphatic heterocycles. The molecule has 0 radical (unpaired) electrons. The molecule has 2 aromatic heterocycles. The minimum absolute atomic E-state index is 0.0204. The van der Waals surface area contributed by atoms with Crippen molar-refractivity contribution in [1.29, 1.82) is 0 Å². The first kappa shape index (κ1) is 26.3. The fourth-order valence-corrected chi connectivity index (χ4v) is 4.53. The largest absolute Gasteiger partial charge is 0.419 e. The van der Waals surface area contributed by atoms with Crippen molar-refractivity contribution in [3.8, 4) is 11.3 Å². The van der Waals surface area contributed by atoms with E-state index in [4.69, 9.17) is 10.7 Å². The second-order valence-corrected chi connectivity index (χ2v) is 8.77. The third kappa shape index (κ3) is 5.50. The number of carbonyl (C=O) groups is 1. The van der Waals surface area contributed by atoms with Crippen LogP contribution in [-0.4, -0.2) is 59.2 Å². The van der Waals surface area contributed by atoms with Gasteiger partial charge in [0, 0.05) is 50.9 Å². The lowest BCUT2D eigenvalue weighted by atomic mass is 9.95. The predicted molar refractivity (Wildman–Crippen MR) is 131 cm³/mol. The van der Waals surface area contributed by atoms with Gasteiger partial charge in [0.25, 0.3) is 5.91 Å². The molecule has 3 heterocycles. The Morgan fingerprint density at radius 3 is 2.57 bits per heavy atom. The number of aromatic nitrogens is 4. The Labute approximate surface area is 211 Å². The molecule has 1 amide bonds. The molecule has 0 unspecified atom stereocenters. The van der Waals surface area contributed by atoms with Crippen LogP contribution in [0.5, 0.6) is 0 Å². The highest BCUT2D eigenvalue weighted by molar-refractivity contribution is 6.02. The van der Waals surface area contributed by atoms with E-state index in [-0.39, 0.29) is 28.8 Å². The molecule has 1 aliphatic rings. The Bertz CT molecular complexity index is 1270. The Morgan fingerprint density at radius 1 is 1.19 bits per heavy atom. The zero-order valence-electron chi connectivity index (χ0n) is 20.4. The van der Waals surface area contributed by atoms with Gasteiger partial charge in [-0.3, -0.25) is 4.79 Å². The first-order valence-electron chi connectivity index (χ1n) is 11.8. The summed E-state index contributed by atoms with van der Waals surface area (Å²) in [6.07, 6.45) is -0.434. The summed E-state index contributed by atoms with van der Waals surface area (Å²) in [6, 6.07) is 2.92. The number of nitrogen functional groups attached to an aromatic ring is 1. The first-order chi connectivity index (χ1) is 17.6. The molecule has 1 fully saturated rings. The highest BCUT2D eigenvalue weighted by Crippen LogP contribution is 2.36. The van der Waals surface area contributed by atoms with Crippen LogP contribution in [0.15, 0.2) is 30.7 Å².